The fourth-order valence-electron chi connectivity index (χ4n) is 2.23. The fraction of sp³-hybridized carbons (Fsp3) is 0.545. The van der Waals surface area contributed by atoms with Crippen molar-refractivity contribution in [3.05, 3.63) is 6.07 Å². The van der Waals surface area contributed by atoms with Gasteiger partial charge in [0.1, 0.15) is 17.7 Å². The maximum Gasteiger partial charge on any atom is 0.240 e. The Morgan fingerprint density at radius 3 is 2.95 bits per heavy atom. The number of amides is 1. The van der Waals surface area contributed by atoms with Gasteiger partial charge in [0.2, 0.25) is 5.91 Å². The molecule has 7 nitrogen and oxygen atoms in total. The molecule has 1 atom stereocenters. The molecule has 1 fully saturated rings. The first kappa shape index (κ1) is 13.9. The van der Waals surface area contributed by atoms with Crippen molar-refractivity contribution >= 4 is 29.3 Å². The van der Waals surface area contributed by atoms with E-state index < -0.39 is 0 Å². The third-order valence-electron chi connectivity index (χ3n) is 3.15. The van der Waals surface area contributed by atoms with Gasteiger partial charge >= 0.3 is 0 Å². The Kier molecular flexibility index (Phi) is 4.43. The van der Waals surface area contributed by atoms with Crippen LogP contribution in [0, 0.1) is 0 Å². The minimum absolute atomic E-state index is 0.302. The van der Waals surface area contributed by atoms with E-state index in [0.29, 0.717) is 16.8 Å². The number of hydrogen-bond acceptors (Lipinski definition) is 7. The molecule has 1 unspecified atom stereocenters. The first-order chi connectivity index (χ1) is 9.15. The van der Waals surface area contributed by atoms with Gasteiger partial charge in [-0.25, -0.2) is 15.8 Å². The van der Waals surface area contributed by atoms with E-state index in [-0.39, 0.29) is 11.9 Å². The average molecular weight is 282 g/mol. The molecule has 0 saturated carbocycles. The molecule has 1 aromatic heterocycles. The number of piperidine rings is 1. The number of hydrogen-bond donors (Lipinski definition) is 3. The lowest BCUT2D eigenvalue weighted by atomic mass is 10.0. The Hall–Kier alpha value is -1.54. The molecule has 2 rings (SSSR count). The Labute approximate surface area is 116 Å². The lowest BCUT2D eigenvalue weighted by Gasteiger charge is -2.34. The van der Waals surface area contributed by atoms with Crippen molar-refractivity contribution in [2.75, 3.05) is 23.1 Å². The summed E-state index contributed by atoms with van der Waals surface area (Å²) in [5.41, 5.74) is 7.98. The van der Waals surface area contributed by atoms with Crippen molar-refractivity contribution in [2.45, 2.75) is 30.5 Å². The number of carbonyl (C=O) groups is 1. The predicted molar refractivity (Wildman–Crippen MR) is 75.8 cm³/mol. The van der Waals surface area contributed by atoms with Crippen LogP contribution in [0.4, 0.5) is 11.6 Å². The highest BCUT2D eigenvalue weighted by Crippen LogP contribution is 2.26. The van der Waals surface area contributed by atoms with Gasteiger partial charge in [0.25, 0.3) is 0 Å². The fourth-order valence-corrected chi connectivity index (χ4v) is 2.60. The van der Waals surface area contributed by atoms with Crippen molar-refractivity contribution in [2.24, 2.45) is 11.6 Å². The zero-order valence-electron chi connectivity index (χ0n) is 10.8. The quantitative estimate of drug-likeness (QED) is 0.316. The molecule has 1 saturated heterocycles. The monoisotopic (exact) mass is 282 g/mol. The summed E-state index contributed by atoms with van der Waals surface area (Å²) in [5, 5.41) is 0.610. The van der Waals surface area contributed by atoms with Gasteiger partial charge in [-0.05, 0) is 25.5 Å². The number of aromatic nitrogens is 2. The van der Waals surface area contributed by atoms with E-state index in [1.54, 1.807) is 6.07 Å². The number of carbonyl (C=O) groups excluding carboxylic acids is 1. The van der Waals surface area contributed by atoms with Crippen LogP contribution in [0.25, 0.3) is 0 Å². The summed E-state index contributed by atoms with van der Waals surface area (Å²) >= 11 is 1.43. The lowest BCUT2D eigenvalue weighted by Crippen LogP contribution is -2.48. The highest BCUT2D eigenvalue weighted by Gasteiger charge is 2.28. The summed E-state index contributed by atoms with van der Waals surface area (Å²) in [6, 6.07) is 1.44. The van der Waals surface area contributed by atoms with Crippen molar-refractivity contribution in [3.8, 4) is 0 Å². The standard InChI is InChI=1S/C11H18N6OS/c1-19-11-14-8(16-13)6-9(15-11)17-5-3-2-4-7(17)10(12)18/h6-7H,2-5,13H2,1H3,(H2,12,18)(H,14,15,16). The van der Waals surface area contributed by atoms with Gasteiger partial charge in [0, 0.05) is 12.6 Å². The van der Waals surface area contributed by atoms with Gasteiger partial charge in [-0.2, -0.15) is 0 Å². The van der Waals surface area contributed by atoms with E-state index in [1.165, 1.54) is 11.8 Å². The lowest BCUT2D eigenvalue weighted by molar-refractivity contribution is -0.119. The number of anilines is 2. The van der Waals surface area contributed by atoms with Crippen LogP contribution in [0.1, 0.15) is 19.3 Å². The first-order valence-corrected chi connectivity index (χ1v) is 7.34. The third kappa shape index (κ3) is 3.07. The van der Waals surface area contributed by atoms with Gasteiger partial charge in [-0.15, -0.1) is 0 Å². The number of primary amides is 1. The summed E-state index contributed by atoms with van der Waals surface area (Å²) < 4.78 is 0. The van der Waals surface area contributed by atoms with Crippen molar-refractivity contribution in [1.82, 2.24) is 9.97 Å². The smallest absolute Gasteiger partial charge is 0.240 e. The zero-order chi connectivity index (χ0) is 13.8. The second-order valence-electron chi connectivity index (χ2n) is 4.35. The number of nitrogens with zero attached hydrogens (tertiary/aromatic N) is 3. The van der Waals surface area contributed by atoms with Gasteiger partial charge in [-0.1, -0.05) is 11.8 Å². The summed E-state index contributed by atoms with van der Waals surface area (Å²) in [5.74, 6) is 6.31. The van der Waals surface area contributed by atoms with Crippen molar-refractivity contribution in [3.63, 3.8) is 0 Å². The molecule has 5 N–H and O–H groups in total. The molecule has 0 bridgehead atoms. The Morgan fingerprint density at radius 2 is 2.32 bits per heavy atom. The second-order valence-corrected chi connectivity index (χ2v) is 5.12. The average Bonchev–Trinajstić information content (AvgIpc) is 2.46. The molecule has 0 aliphatic carbocycles. The Balaban J connectivity index is 2.35. The maximum atomic E-state index is 11.5. The SMILES string of the molecule is CSc1nc(NN)cc(N2CCCCC2C(N)=O)n1. The largest absolute Gasteiger partial charge is 0.368 e. The minimum atomic E-state index is -0.314. The van der Waals surface area contributed by atoms with Crippen LogP contribution in [0.2, 0.25) is 0 Å². The predicted octanol–water partition coefficient (Wildman–Crippen LogP) is 0.328. The number of thioether (sulfide) groups is 1. The van der Waals surface area contributed by atoms with E-state index in [9.17, 15) is 4.79 Å². The third-order valence-corrected chi connectivity index (χ3v) is 3.70. The highest BCUT2D eigenvalue weighted by atomic mass is 32.2. The summed E-state index contributed by atoms with van der Waals surface area (Å²) in [6.07, 6.45) is 4.68. The number of nitrogen functional groups attached to an aromatic ring is 1. The number of nitrogens with two attached hydrogens (primary N) is 2. The maximum absolute atomic E-state index is 11.5. The van der Waals surface area contributed by atoms with E-state index in [4.69, 9.17) is 11.6 Å². The van der Waals surface area contributed by atoms with Gasteiger partial charge in [0.05, 0.1) is 0 Å². The van der Waals surface area contributed by atoms with Crippen LogP contribution in [-0.4, -0.2) is 34.7 Å². The normalized spacial score (nSPS) is 19.3. The van der Waals surface area contributed by atoms with Gasteiger partial charge < -0.3 is 16.1 Å². The van der Waals surface area contributed by atoms with E-state index in [1.807, 2.05) is 11.2 Å². The van der Waals surface area contributed by atoms with Crippen molar-refractivity contribution < 1.29 is 4.79 Å². The molecule has 104 valence electrons. The minimum Gasteiger partial charge on any atom is -0.368 e. The van der Waals surface area contributed by atoms with Crippen LogP contribution in [-0.2, 0) is 4.79 Å². The molecular formula is C11H18N6OS. The summed E-state index contributed by atoms with van der Waals surface area (Å²) in [4.78, 5) is 22.1. The molecule has 8 heteroatoms. The molecule has 0 radical (unpaired) electrons. The van der Waals surface area contributed by atoms with Crippen molar-refractivity contribution in [1.29, 1.82) is 0 Å². The topological polar surface area (TPSA) is 110 Å². The zero-order valence-corrected chi connectivity index (χ0v) is 11.6. The number of rotatable bonds is 4. The van der Waals surface area contributed by atoms with E-state index in [2.05, 4.69) is 15.4 Å². The van der Waals surface area contributed by atoms with Crippen LogP contribution in [0.3, 0.4) is 0 Å². The van der Waals surface area contributed by atoms with E-state index >= 15 is 0 Å². The highest BCUT2D eigenvalue weighted by molar-refractivity contribution is 7.98. The molecule has 19 heavy (non-hydrogen) atoms. The Morgan fingerprint density at radius 1 is 1.53 bits per heavy atom. The molecule has 1 aliphatic heterocycles. The second kappa shape index (κ2) is 6.07. The molecule has 0 spiro atoms. The van der Waals surface area contributed by atoms with Gasteiger partial charge in [0.15, 0.2) is 5.16 Å². The van der Waals surface area contributed by atoms with Crippen LogP contribution < -0.4 is 21.9 Å². The molecule has 2 heterocycles. The molecule has 0 aromatic carbocycles. The molecule has 1 amide bonds. The molecular weight excluding hydrogens is 264 g/mol. The van der Waals surface area contributed by atoms with E-state index in [0.717, 1.165) is 25.8 Å². The number of nitrogens with one attached hydrogen (secondary N) is 1. The Bertz CT molecular complexity index is 446. The summed E-state index contributed by atoms with van der Waals surface area (Å²) in [6.45, 7) is 0.766. The van der Waals surface area contributed by atoms with Crippen LogP contribution in [0.15, 0.2) is 11.2 Å². The van der Waals surface area contributed by atoms with Crippen LogP contribution >= 0.6 is 11.8 Å². The molecule has 1 aromatic rings. The number of hydrazine groups is 1. The first-order valence-electron chi connectivity index (χ1n) is 6.11. The molecule has 1 aliphatic rings. The summed E-state index contributed by atoms with van der Waals surface area (Å²) in [7, 11) is 0. The van der Waals surface area contributed by atoms with Gasteiger partial charge in [-0.3, -0.25) is 4.79 Å². The van der Waals surface area contributed by atoms with Crippen LogP contribution in [0.5, 0.6) is 0 Å².